The summed E-state index contributed by atoms with van der Waals surface area (Å²) >= 11 is 22.3. The molecule has 0 spiro atoms. The summed E-state index contributed by atoms with van der Waals surface area (Å²) in [7, 11) is 0. The minimum atomic E-state index is -1.12. The van der Waals surface area contributed by atoms with Gasteiger partial charge in [0.15, 0.2) is 23.6 Å². The molecule has 0 aliphatic carbocycles. The van der Waals surface area contributed by atoms with Crippen molar-refractivity contribution in [3.05, 3.63) is 231 Å². The zero-order valence-corrected chi connectivity index (χ0v) is 63.2. The summed E-state index contributed by atoms with van der Waals surface area (Å²) in [5.41, 5.74) is 3.03. The van der Waals surface area contributed by atoms with Crippen LogP contribution in [0.4, 0.5) is 22.0 Å². The average molecular weight is 1650 g/mol. The Bertz CT molecular complexity index is 4650. The Balaban J connectivity index is 0.000000176. The van der Waals surface area contributed by atoms with Crippen molar-refractivity contribution in [3.63, 3.8) is 0 Å². The number of esters is 3. The maximum Gasteiger partial charge on any atom is 0.338 e. The van der Waals surface area contributed by atoms with Gasteiger partial charge in [-0.3, -0.25) is 44.2 Å². The fraction of sp³-hybridized carbons (Fsp3) is 0.347. The van der Waals surface area contributed by atoms with Crippen LogP contribution in [0, 0.1) is 36.0 Å². The lowest BCUT2D eigenvalue weighted by Crippen LogP contribution is -2.52. The predicted molar refractivity (Wildman–Crippen MR) is 396 cm³/mol. The van der Waals surface area contributed by atoms with Crippen LogP contribution in [0.1, 0.15) is 84.5 Å². The van der Waals surface area contributed by atoms with E-state index in [-0.39, 0.29) is 122 Å². The number of carboxylic acids is 3. The van der Waals surface area contributed by atoms with Crippen LogP contribution >= 0.6 is 50.7 Å². The molecule has 26 nitrogen and oxygen atoms in total. The molecule has 3 saturated heterocycles. The lowest BCUT2D eigenvalue weighted by atomic mass is 9.94. The molecule has 6 atom stereocenters. The minimum absolute atomic E-state index is 0.0128. The molecular weight excluding hydrogens is 1580 g/mol. The van der Waals surface area contributed by atoms with E-state index < -0.39 is 107 Å². The molecule has 8 heterocycles. The van der Waals surface area contributed by atoms with Gasteiger partial charge in [-0.2, -0.15) is 0 Å². The first kappa shape index (κ1) is 82.9. The number of aromatic nitrogens is 2. The van der Waals surface area contributed by atoms with E-state index in [0.717, 1.165) is 6.07 Å². The number of pyridine rings is 2. The molecule has 6 aromatic rings. The molecule has 0 saturated carbocycles. The Hall–Kier alpha value is -9.61. The fourth-order valence-electron chi connectivity index (χ4n) is 12.7. The van der Waals surface area contributed by atoms with Crippen molar-refractivity contribution in [1.29, 1.82) is 0 Å². The number of hydrogen-bond donors (Lipinski definition) is 6. The number of halogens is 9. The van der Waals surface area contributed by atoms with Crippen LogP contribution in [0.2, 0.25) is 15.1 Å². The smallest absolute Gasteiger partial charge is 0.338 e. The minimum Gasteiger partial charge on any atom is -0.481 e. The first-order valence-electron chi connectivity index (χ1n) is 34.5. The standard InChI is InChI=1S/C27H27BrF3N3O5.C24H23Cl2FN4O5.C24H24ClFN4O5/c1-3-39-27(37)24-21(12-34-6-7-38-13-16(34)11-22(35)36)32-26(23-19(30)8-14(2)9-20(23)31)33-25(24)17-5-4-15(29)10-18(17)28;1-2-35-24(34)19-17(11-31-8-9-36-18(12-31)23(32)33)29-22(21-16(27)4-3-7-28-21)30-20(19)14-6-5-13(25)10-15(14)26;1-2-35-24(33)20-18(12-30-9-10-34-13-19(30)23(31)32)28-22(17-5-3-4-8-27-17)29-21(20)15-7-6-14(26)11-16(15)25/h4-5,8-10,16,25H,3,6-7,11-13H2,1-2H3,(H,32,33)(H,35,36);3-7,10,18,20H,2,8-9,11-12H2,1H3,(H,29,30)(H,32,33);3-8,11,19,21H,2,9-10,12-13H2,1H3,(H,28,29)(H,31,32). The Kier molecular flexibility index (Phi) is 28.9. The van der Waals surface area contributed by atoms with E-state index in [1.165, 1.54) is 66.9 Å². The van der Waals surface area contributed by atoms with Gasteiger partial charge >= 0.3 is 35.8 Å². The molecule has 582 valence electrons. The highest BCUT2D eigenvalue weighted by atomic mass is 79.9. The van der Waals surface area contributed by atoms with Crippen LogP contribution in [0.15, 0.2) is 163 Å². The summed E-state index contributed by atoms with van der Waals surface area (Å²) in [4.78, 5) is 102. The molecule has 3 fully saturated rings. The van der Waals surface area contributed by atoms with Gasteiger partial charge < -0.3 is 59.7 Å². The van der Waals surface area contributed by atoms with Crippen molar-refractivity contribution in [1.82, 2.24) is 40.6 Å². The molecular formula is C75H74BrCl3F5N11O15. The van der Waals surface area contributed by atoms with Crippen LogP contribution in [-0.4, -0.2) is 210 Å². The van der Waals surface area contributed by atoms with Gasteiger partial charge in [0.1, 0.15) is 64.7 Å². The highest BCUT2D eigenvalue weighted by molar-refractivity contribution is 9.10. The number of aryl methyl sites for hydroxylation is 1. The topological polar surface area (TPSA) is 327 Å². The second-order valence-corrected chi connectivity index (χ2v) is 27.2. The van der Waals surface area contributed by atoms with Crippen molar-refractivity contribution in [2.45, 2.75) is 70.4 Å². The normalized spacial score (nSPS) is 20.4. The summed E-state index contributed by atoms with van der Waals surface area (Å²) in [5, 5.41) is 38.4. The monoisotopic (exact) mass is 1650 g/mol. The first-order chi connectivity index (χ1) is 52.7. The van der Waals surface area contributed by atoms with Gasteiger partial charge in [-0.15, -0.1) is 0 Å². The molecule has 6 aliphatic heterocycles. The third kappa shape index (κ3) is 20.5. The third-order valence-electron chi connectivity index (χ3n) is 17.8. The van der Waals surface area contributed by atoms with Gasteiger partial charge in [0, 0.05) is 112 Å². The van der Waals surface area contributed by atoms with E-state index in [4.69, 9.17) is 68.2 Å². The van der Waals surface area contributed by atoms with Crippen LogP contribution in [-0.2, 0) is 57.2 Å². The molecule has 12 rings (SSSR count). The first-order valence-corrected chi connectivity index (χ1v) is 36.4. The maximum atomic E-state index is 15.1. The van der Waals surface area contributed by atoms with Crippen molar-refractivity contribution in [2.24, 2.45) is 15.0 Å². The molecule has 0 bridgehead atoms. The van der Waals surface area contributed by atoms with Crippen LogP contribution < -0.4 is 16.0 Å². The number of carboxylic acid groups (broad SMARTS) is 3. The molecule has 35 heteroatoms. The molecule has 4 aromatic carbocycles. The van der Waals surface area contributed by atoms with Crippen molar-refractivity contribution in [2.75, 3.05) is 98.7 Å². The van der Waals surface area contributed by atoms with E-state index in [9.17, 15) is 57.3 Å². The number of carbonyl (C=O) groups excluding carboxylic acids is 3. The van der Waals surface area contributed by atoms with Crippen molar-refractivity contribution >= 4 is 104 Å². The lowest BCUT2D eigenvalue weighted by Gasteiger charge is -2.37. The van der Waals surface area contributed by atoms with Gasteiger partial charge in [-0.1, -0.05) is 75.0 Å². The van der Waals surface area contributed by atoms with Crippen molar-refractivity contribution in [3.8, 4) is 0 Å². The summed E-state index contributed by atoms with van der Waals surface area (Å²) in [6.45, 7) is 9.28. The van der Waals surface area contributed by atoms with Gasteiger partial charge in [0.05, 0.1) is 81.6 Å². The number of nitrogens with one attached hydrogen (secondary N) is 3. The van der Waals surface area contributed by atoms with Crippen molar-refractivity contribution < 1.29 is 94.5 Å². The van der Waals surface area contributed by atoms with Gasteiger partial charge in [0.25, 0.3) is 0 Å². The third-order valence-corrected chi connectivity index (χ3v) is 19.3. The van der Waals surface area contributed by atoms with E-state index in [1.54, 1.807) is 69.1 Å². The summed E-state index contributed by atoms with van der Waals surface area (Å²) in [6, 6.07) is 18.4. The SMILES string of the molecule is CCOC(=O)C1=C(CN2CCOC(C(=O)O)C2)NC(c2ncccc2F)=NC1c1ccc(Cl)cc1Cl.CCOC(=O)C1=C(CN2CCOCC2C(=O)O)NC(c2ccccn2)=NC1c1ccc(F)cc1Cl.CCOC(=O)C1=C(CN2CCOCC2CC(=O)O)NC(c2c(F)cc(C)cc2F)=NC1c1ccc(F)cc1Br. The number of benzene rings is 4. The molecule has 0 radical (unpaired) electrons. The molecule has 6 aliphatic rings. The lowest BCUT2D eigenvalue weighted by molar-refractivity contribution is -0.156. The number of morpholine rings is 3. The number of hydrogen-bond acceptors (Lipinski definition) is 23. The zero-order chi connectivity index (χ0) is 79.0. The van der Waals surface area contributed by atoms with Crippen LogP contribution in [0.25, 0.3) is 0 Å². The average Bonchev–Trinajstić information content (AvgIpc) is 0.774. The Morgan fingerprint density at radius 2 is 1.11 bits per heavy atom. The predicted octanol–water partition coefficient (Wildman–Crippen LogP) is 10.0. The highest BCUT2D eigenvalue weighted by Gasteiger charge is 2.41. The number of ether oxygens (including phenoxy) is 6. The summed E-state index contributed by atoms with van der Waals surface area (Å²) in [6.07, 6.45) is 1.80. The maximum absolute atomic E-state index is 15.1. The van der Waals surface area contributed by atoms with Gasteiger partial charge in [0.2, 0.25) is 0 Å². The number of carbonyl (C=O) groups is 6. The Morgan fingerprint density at radius 1 is 0.573 bits per heavy atom. The Morgan fingerprint density at radius 3 is 1.68 bits per heavy atom. The molecule has 6 unspecified atom stereocenters. The number of aliphatic carboxylic acids is 3. The molecule has 110 heavy (non-hydrogen) atoms. The summed E-state index contributed by atoms with van der Waals surface area (Å²) < 4.78 is 105. The van der Waals surface area contributed by atoms with E-state index in [2.05, 4.69) is 51.8 Å². The second kappa shape index (κ2) is 38.4. The Labute approximate surface area is 650 Å². The highest BCUT2D eigenvalue weighted by Crippen LogP contribution is 2.41. The van der Waals surface area contributed by atoms with Gasteiger partial charge in [-0.25, -0.2) is 46.1 Å². The number of aliphatic imine (C=N–C) groups is 3. The van der Waals surface area contributed by atoms with E-state index in [1.807, 2.05) is 9.80 Å². The van der Waals surface area contributed by atoms with Crippen LogP contribution in [0.3, 0.4) is 0 Å². The number of amidine groups is 3. The molecule has 6 N–H and O–H groups in total. The second-order valence-electron chi connectivity index (χ2n) is 25.1. The molecule has 0 amide bonds. The summed E-state index contributed by atoms with van der Waals surface area (Å²) in [5.74, 6) is -8.24. The number of nitrogens with zero attached hydrogens (tertiary/aromatic N) is 8. The fourth-order valence-corrected chi connectivity index (χ4v) is 14.0. The van der Waals surface area contributed by atoms with Crippen LogP contribution in [0.5, 0.6) is 0 Å². The molecule has 2 aromatic heterocycles. The number of rotatable bonds is 22. The van der Waals surface area contributed by atoms with E-state index in [0.29, 0.717) is 87.5 Å². The zero-order valence-electron chi connectivity index (χ0n) is 59.4. The largest absolute Gasteiger partial charge is 0.481 e. The van der Waals surface area contributed by atoms with E-state index >= 15 is 8.78 Å². The quantitative estimate of drug-likeness (QED) is 0.0209. The van der Waals surface area contributed by atoms with Gasteiger partial charge in [-0.05, 0) is 112 Å².